The predicted octanol–water partition coefficient (Wildman–Crippen LogP) is 4.82. The maximum absolute atomic E-state index is 5.94. The van der Waals surface area contributed by atoms with Crippen molar-refractivity contribution >= 4 is 38.9 Å². The van der Waals surface area contributed by atoms with Gasteiger partial charge in [0.25, 0.3) is 0 Å². The van der Waals surface area contributed by atoms with E-state index < -0.39 is 0 Å². The summed E-state index contributed by atoms with van der Waals surface area (Å²) >= 11 is 8.75. The molecule has 0 radical (unpaired) electrons. The van der Waals surface area contributed by atoms with E-state index in [1.165, 1.54) is 0 Å². The smallest absolute Gasteiger partial charge is 0.171 e. The molecule has 0 heterocycles. The van der Waals surface area contributed by atoms with Crippen LogP contribution in [-0.4, -0.2) is 17.8 Å². The number of aryl methyl sites for hydroxylation is 2. The molecule has 122 valence electrons. The Kier molecular flexibility index (Phi) is 6.42. The monoisotopic (exact) mass is 392 g/mol. The largest absolute Gasteiger partial charge is 0.491 e. The Labute approximate surface area is 151 Å². The van der Waals surface area contributed by atoms with Crippen molar-refractivity contribution in [2.45, 2.75) is 26.8 Å². The van der Waals surface area contributed by atoms with E-state index in [2.05, 4.69) is 52.5 Å². The van der Waals surface area contributed by atoms with Gasteiger partial charge in [-0.05, 0) is 68.4 Å². The molecule has 0 bridgehead atoms. The van der Waals surface area contributed by atoms with Crippen molar-refractivity contribution in [3.05, 3.63) is 58.1 Å². The van der Waals surface area contributed by atoms with Crippen LogP contribution in [0, 0.1) is 13.8 Å². The first-order valence-electron chi connectivity index (χ1n) is 7.48. The molecule has 0 saturated carbocycles. The average Bonchev–Trinajstić information content (AvgIpc) is 2.49. The topological polar surface area (TPSA) is 33.3 Å². The zero-order chi connectivity index (χ0) is 16.8. The van der Waals surface area contributed by atoms with E-state index in [4.69, 9.17) is 17.0 Å². The second-order valence-corrected chi connectivity index (χ2v) is 6.86. The molecule has 1 unspecified atom stereocenters. The van der Waals surface area contributed by atoms with Gasteiger partial charge in [-0.3, -0.25) is 0 Å². The first-order valence-corrected chi connectivity index (χ1v) is 8.68. The lowest BCUT2D eigenvalue weighted by atomic mass is 10.1. The number of hydrogen-bond donors (Lipinski definition) is 2. The second kappa shape index (κ2) is 8.31. The molecule has 0 spiro atoms. The standard InChI is InChI=1S/C18H21BrN2OS/c1-12-5-4-6-13(2)17(12)22-11-14(3)20-18(23)21-16-9-7-15(19)8-10-16/h4-10,14H,11H2,1-3H3,(H2,20,21,23). The summed E-state index contributed by atoms with van der Waals surface area (Å²) in [6.07, 6.45) is 0. The third kappa shape index (κ3) is 5.52. The van der Waals surface area contributed by atoms with Gasteiger partial charge in [-0.1, -0.05) is 34.1 Å². The Morgan fingerprint density at radius 1 is 1.13 bits per heavy atom. The number of nitrogens with one attached hydrogen (secondary N) is 2. The fourth-order valence-corrected chi connectivity index (χ4v) is 2.78. The second-order valence-electron chi connectivity index (χ2n) is 5.54. The number of para-hydroxylation sites is 1. The molecule has 0 aliphatic carbocycles. The van der Waals surface area contributed by atoms with Gasteiger partial charge in [0.1, 0.15) is 12.4 Å². The van der Waals surface area contributed by atoms with Crippen LogP contribution in [0.15, 0.2) is 46.9 Å². The highest BCUT2D eigenvalue weighted by molar-refractivity contribution is 9.10. The Morgan fingerprint density at radius 2 is 1.74 bits per heavy atom. The highest BCUT2D eigenvalue weighted by Crippen LogP contribution is 2.22. The van der Waals surface area contributed by atoms with Crippen LogP contribution in [-0.2, 0) is 0 Å². The van der Waals surface area contributed by atoms with Crippen LogP contribution in [0.25, 0.3) is 0 Å². The fraction of sp³-hybridized carbons (Fsp3) is 0.278. The van der Waals surface area contributed by atoms with Gasteiger partial charge in [0.05, 0.1) is 6.04 Å². The molecule has 2 aromatic rings. The minimum absolute atomic E-state index is 0.101. The van der Waals surface area contributed by atoms with Gasteiger partial charge >= 0.3 is 0 Å². The van der Waals surface area contributed by atoms with Crippen molar-refractivity contribution < 1.29 is 4.74 Å². The number of thiocarbonyl (C=S) groups is 1. The average molecular weight is 393 g/mol. The van der Waals surface area contributed by atoms with E-state index in [0.717, 1.165) is 27.0 Å². The SMILES string of the molecule is Cc1cccc(C)c1OCC(C)NC(=S)Nc1ccc(Br)cc1. The summed E-state index contributed by atoms with van der Waals surface area (Å²) in [6, 6.07) is 14.1. The highest BCUT2D eigenvalue weighted by Gasteiger charge is 2.08. The Bertz CT molecular complexity index is 653. The molecule has 5 heteroatoms. The lowest BCUT2D eigenvalue weighted by molar-refractivity contribution is 0.283. The lowest BCUT2D eigenvalue weighted by Crippen LogP contribution is -2.39. The lowest BCUT2D eigenvalue weighted by Gasteiger charge is -2.19. The summed E-state index contributed by atoms with van der Waals surface area (Å²) in [5, 5.41) is 6.99. The molecule has 0 amide bonds. The molecule has 0 fully saturated rings. The van der Waals surface area contributed by atoms with E-state index in [1.807, 2.05) is 37.3 Å². The molecular weight excluding hydrogens is 372 g/mol. The molecule has 0 aliphatic heterocycles. The molecule has 0 aliphatic rings. The quantitative estimate of drug-likeness (QED) is 0.714. The first kappa shape index (κ1) is 17.8. The van der Waals surface area contributed by atoms with E-state index in [-0.39, 0.29) is 6.04 Å². The van der Waals surface area contributed by atoms with Crippen molar-refractivity contribution in [1.82, 2.24) is 5.32 Å². The summed E-state index contributed by atoms with van der Waals surface area (Å²) < 4.78 is 6.98. The van der Waals surface area contributed by atoms with Gasteiger partial charge < -0.3 is 15.4 Å². The van der Waals surface area contributed by atoms with Crippen LogP contribution < -0.4 is 15.4 Å². The normalized spacial score (nSPS) is 11.7. The maximum atomic E-state index is 5.94. The number of benzene rings is 2. The van der Waals surface area contributed by atoms with Crippen LogP contribution in [0.4, 0.5) is 5.69 Å². The Hall–Kier alpha value is -1.59. The van der Waals surface area contributed by atoms with Crippen LogP contribution in [0.3, 0.4) is 0 Å². The van der Waals surface area contributed by atoms with Crippen molar-refractivity contribution in [1.29, 1.82) is 0 Å². The molecule has 2 rings (SSSR count). The van der Waals surface area contributed by atoms with Crippen molar-refractivity contribution in [3.8, 4) is 5.75 Å². The zero-order valence-electron chi connectivity index (χ0n) is 13.5. The first-order chi connectivity index (χ1) is 11.0. The van der Waals surface area contributed by atoms with Crippen molar-refractivity contribution in [3.63, 3.8) is 0 Å². The molecular formula is C18H21BrN2OS. The molecule has 0 saturated heterocycles. The van der Waals surface area contributed by atoms with Gasteiger partial charge in [0, 0.05) is 10.2 Å². The summed E-state index contributed by atoms with van der Waals surface area (Å²) in [7, 11) is 0. The molecule has 3 nitrogen and oxygen atoms in total. The van der Waals surface area contributed by atoms with Gasteiger partial charge in [-0.25, -0.2) is 0 Å². The maximum Gasteiger partial charge on any atom is 0.171 e. The fourth-order valence-electron chi connectivity index (χ4n) is 2.20. The number of halogens is 1. The third-order valence-corrected chi connectivity index (χ3v) is 4.11. The number of ether oxygens (including phenoxy) is 1. The summed E-state index contributed by atoms with van der Waals surface area (Å²) in [5.41, 5.74) is 3.24. The molecule has 2 aromatic carbocycles. The van der Waals surface area contributed by atoms with Gasteiger partial charge in [0.2, 0.25) is 0 Å². The minimum Gasteiger partial charge on any atom is -0.491 e. The molecule has 2 N–H and O–H groups in total. The summed E-state index contributed by atoms with van der Waals surface area (Å²) in [4.78, 5) is 0. The predicted molar refractivity (Wildman–Crippen MR) is 104 cm³/mol. The van der Waals surface area contributed by atoms with E-state index in [0.29, 0.717) is 11.7 Å². The van der Waals surface area contributed by atoms with Gasteiger partial charge in [-0.15, -0.1) is 0 Å². The number of hydrogen-bond acceptors (Lipinski definition) is 2. The van der Waals surface area contributed by atoms with E-state index in [9.17, 15) is 0 Å². The van der Waals surface area contributed by atoms with Crippen LogP contribution in [0.5, 0.6) is 5.75 Å². The summed E-state index contributed by atoms with van der Waals surface area (Å²) in [5.74, 6) is 0.952. The van der Waals surface area contributed by atoms with Crippen LogP contribution in [0.2, 0.25) is 0 Å². The van der Waals surface area contributed by atoms with Crippen molar-refractivity contribution in [2.75, 3.05) is 11.9 Å². The number of rotatable bonds is 5. The Morgan fingerprint density at radius 3 is 2.35 bits per heavy atom. The number of anilines is 1. The van der Waals surface area contributed by atoms with E-state index in [1.54, 1.807) is 0 Å². The zero-order valence-corrected chi connectivity index (χ0v) is 15.9. The molecule has 23 heavy (non-hydrogen) atoms. The van der Waals surface area contributed by atoms with Crippen LogP contribution in [0.1, 0.15) is 18.1 Å². The minimum atomic E-state index is 0.101. The van der Waals surface area contributed by atoms with Crippen LogP contribution >= 0.6 is 28.1 Å². The molecule has 0 aromatic heterocycles. The summed E-state index contributed by atoms with van der Waals surface area (Å²) in [6.45, 7) is 6.71. The highest BCUT2D eigenvalue weighted by atomic mass is 79.9. The van der Waals surface area contributed by atoms with Gasteiger partial charge in [0.15, 0.2) is 5.11 Å². The van der Waals surface area contributed by atoms with Gasteiger partial charge in [-0.2, -0.15) is 0 Å². The van der Waals surface area contributed by atoms with Crippen molar-refractivity contribution in [2.24, 2.45) is 0 Å². The molecule has 1 atom stereocenters. The van der Waals surface area contributed by atoms with E-state index >= 15 is 0 Å². The third-order valence-electron chi connectivity index (χ3n) is 3.37. The Balaban J connectivity index is 1.83.